The second-order valence-corrected chi connectivity index (χ2v) is 3.07. The summed E-state index contributed by atoms with van der Waals surface area (Å²) in [7, 11) is 1.44. The Hall–Kier alpha value is -1.91. The molecule has 0 amide bonds. The van der Waals surface area contributed by atoms with Crippen molar-refractivity contribution in [2.45, 2.75) is 6.54 Å². The second kappa shape index (κ2) is 4.08. The van der Waals surface area contributed by atoms with E-state index in [1.54, 1.807) is 29.2 Å². The molecule has 0 aliphatic carbocycles. The summed E-state index contributed by atoms with van der Waals surface area (Å²) >= 11 is 0. The molecule has 0 N–H and O–H groups in total. The molecule has 0 spiro atoms. The zero-order chi connectivity index (χ0) is 10.7. The first kappa shape index (κ1) is 9.64. The fraction of sp³-hybridized carbons (Fsp3) is 0.200. The minimum Gasteiger partial charge on any atom is -0.494 e. The van der Waals surface area contributed by atoms with Gasteiger partial charge in [0.25, 0.3) is 0 Å². The minimum absolute atomic E-state index is 0.248. The molecule has 0 fully saturated rings. The number of ether oxygens (including phenoxy) is 1. The molecular formula is C10H10FN3O. The van der Waals surface area contributed by atoms with Gasteiger partial charge in [-0.1, -0.05) is 11.3 Å². The highest BCUT2D eigenvalue weighted by atomic mass is 19.1. The molecule has 0 saturated carbocycles. The normalized spacial score (nSPS) is 10.3. The highest BCUT2D eigenvalue weighted by Crippen LogP contribution is 2.17. The van der Waals surface area contributed by atoms with Crippen molar-refractivity contribution in [3.05, 3.63) is 42.0 Å². The van der Waals surface area contributed by atoms with Crippen LogP contribution >= 0.6 is 0 Å². The number of aromatic nitrogens is 3. The van der Waals surface area contributed by atoms with Gasteiger partial charge < -0.3 is 4.74 Å². The molecule has 0 radical (unpaired) electrons. The third kappa shape index (κ3) is 2.12. The number of nitrogens with zero attached hydrogens (tertiary/aromatic N) is 3. The van der Waals surface area contributed by atoms with E-state index in [9.17, 15) is 4.39 Å². The number of hydrogen-bond acceptors (Lipinski definition) is 3. The molecule has 15 heavy (non-hydrogen) atoms. The molecule has 1 heterocycles. The predicted octanol–water partition coefficient (Wildman–Crippen LogP) is 1.47. The smallest absolute Gasteiger partial charge is 0.165 e. The molecule has 0 unspecified atom stereocenters. The van der Waals surface area contributed by atoms with Crippen LogP contribution in [-0.4, -0.2) is 22.1 Å². The van der Waals surface area contributed by atoms with Crippen LogP contribution in [0.1, 0.15) is 5.56 Å². The molecule has 5 heteroatoms. The van der Waals surface area contributed by atoms with Crippen molar-refractivity contribution in [1.29, 1.82) is 0 Å². The highest BCUT2D eigenvalue weighted by Gasteiger charge is 2.03. The summed E-state index contributed by atoms with van der Waals surface area (Å²) in [5.74, 6) is -0.118. The lowest BCUT2D eigenvalue weighted by atomic mass is 10.2. The van der Waals surface area contributed by atoms with Crippen LogP contribution in [0.15, 0.2) is 30.6 Å². The van der Waals surface area contributed by atoms with Crippen molar-refractivity contribution in [1.82, 2.24) is 15.0 Å². The average Bonchev–Trinajstić information content (AvgIpc) is 2.71. The third-order valence-corrected chi connectivity index (χ3v) is 2.03. The number of rotatable bonds is 3. The minimum atomic E-state index is -0.366. The first-order chi connectivity index (χ1) is 7.29. The van der Waals surface area contributed by atoms with Crippen molar-refractivity contribution in [2.24, 2.45) is 0 Å². The molecule has 1 aromatic carbocycles. The Balaban J connectivity index is 2.20. The molecule has 0 atom stereocenters. The van der Waals surface area contributed by atoms with Crippen LogP contribution in [0.5, 0.6) is 5.75 Å². The Kier molecular flexibility index (Phi) is 2.62. The van der Waals surface area contributed by atoms with Crippen LogP contribution in [0.2, 0.25) is 0 Å². The Labute approximate surface area is 86.3 Å². The first-order valence-electron chi connectivity index (χ1n) is 4.46. The zero-order valence-corrected chi connectivity index (χ0v) is 8.22. The lowest BCUT2D eigenvalue weighted by molar-refractivity contribution is 0.386. The fourth-order valence-electron chi connectivity index (χ4n) is 1.31. The van der Waals surface area contributed by atoms with E-state index in [2.05, 4.69) is 10.3 Å². The number of hydrogen-bond donors (Lipinski definition) is 0. The lowest BCUT2D eigenvalue weighted by Crippen LogP contribution is -2.01. The summed E-state index contributed by atoms with van der Waals surface area (Å²) in [4.78, 5) is 0. The maximum absolute atomic E-state index is 13.3. The average molecular weight is 207 g/mol. The van der Waals surface area contributed by atoms with E-state index in [1.165, 1.54) is 13.2 Å². The third-order valence-electron chi connectivity index (χ3n) is 2.03. The van der Waals surface area contributed by atoms with Crippen LogP contribution in [0.25, 0.3) is 0 Å². The van der Waals surface area contributed by atoms with Gasteiger partial charge >= 0.3 is 0 Å². The molecule has 2 aromatic rings. The van der Waals surface area contributed by atoms with Gasteiger partial charge in [-0.15, -0.1) is 5.10 Å². The van der Waals surface area contributed by atoms with Crippen molar-refractivity contribution < 1.29 is 9.13 Å². The summed E-state index contributed by atoms with van der Waals surface area (Å²) in [6.45, 7) is 0.501. The Morgan fingerprint density at radius 2 is 2.33 bits per heavy atom. The molecule has 0 aliphatic heterocycles. The van der Waals surface area contributed by atoms with Gasteiger partial charge in [0.05, 0.1) is 19.9 Å². The summed E-state index contributed by atoms with van der Waals surface area (Å²) in [5, 5.41) is 7.47. The van der Waals surface area contributed by atoms with E-state index in [1.807, 2.05) is 0 Å². The maximum atomic E-state index is 13.3. The van der Waals surface area contributed by atoms with Crippen molar-refractivity contribution >= 4 is 0 Å². The van der Waals surface area contributed by atoms with Gasteiger partial charge in [0.1, 0.15) is 0 Å². The van der Waals surface area contributed by atoms with Gasteiger partial charge in [-0.2, -0.15) is 0 Å². The Bertz CT molecular complexity index is 442. The number of benzene rings is 1. The van der Waals surface area contributed by atoms with Crippen LogP contribution in [0.4, 0.5) is 4.39 Å². The topological polar surface area (TPSA) is 39.9 Å². The first-order valence-corrected chi connectivity index (χ1v) is 4.46. The van der Waals surface area contributed by atoms with Crippen molar-refractivity contribution in [2.75, 3.05) is 7.11 Å². The molecule has 2 rings (SSSR count). The van der Waals surface area contributed by atoms with Crippen molar-refractivity contribution in [3.63, 3.8) is 0 Å². The maximum Gasteiger partial charge on any atom is 0.165 e. The highest BCUT2D eigenvalue weighted by molar-refractivity contribution is 5.29. The van der Waals surface area contributed by atoms with Crippen molar-refractivity contribution in [3.8, 4) is 5.75 Å². The van der Waals surface area contributed by atoms with Crippen LogP contribution in [0.3, 0.4) is 0 Å². The van der Waals surface area contributed by atoms with Crippen LogP contribution < -0.4 is 4.74 Å². The monoisotopic (exact) mass is 207 g/mol. The molecule has 0 bridgehead atoms. The molecule has 4 nitrogen and oxygen atoms in total. The van der Waals surface area contributed by atoms with Gasteiger partial charge in [-0.25, -0.2) is 9.07 Å². The van der Waals surface area contributed by atoms with E-state index in [0.29, 0.717) is 6.54 Å². The second-order valence-electron chi connectivity index (χ2n) is 3.07. The van der Waals surface area contributed by atoms with E-state index >= 15 is 0 Å². The standard InChI is InChI=1S/C10H10FN3O/c1-15-10-3-2-8(6-9(10)11)7-14-5-4-12-13-14/h2-6H,7H2,1H3. The van der Waals surface area contributed by atoms with Gasteiger partial charge in [0.15, 0.2) is 11.6 Å². The van der Waals surface area contributed by atoms with E-state index in [-0.39, 0.29) is 11.6 Å². The summed E-state index contributed by atoms with van der Waals surface area (Å²) in [6.07, 6.45) is 3.31. The zero-order valence-electron chi connectivity index (χ0n) is 8.22. The summed E-state index contributed by atoms with van der Waals surface area (Å²) in [5.41, 5.74) is 0.818. The quantitative estimate of drug-likeness (QED) is 0.765. The van der Waals surface area contributed by atoms with Crippen LogP contribution in [0, 0.1) is 5.82 Å². The predicted molar refractivity (Wildman–Crippen MR) is 52.1 cm³/mol. The Morgan fingerprint density at radius 1 is 1.47 bits per heavy atom. The van der Waals surface area contributed by atoms with E-state index in [4.69, 9.17) is 4.74 Å². The SMILES string of the molecule is COc1ccc(Cn2ccnn2)cc1F. The van der Waals surface area contributed by atoms with Gasteiger partial charge in [0, 0.05) is 6.20 Å². The molecular weight excluding hydrogens is 197 g/mol. The number of halogens is 1. The van der Waals surface area contributed by atoms with Gasteiger partial charge in [-0.3, -0.25) is 0 Å². The molecule has 78 valence electrons. The Morgan fingerprint density at radius 3 is 2.93 bits per heavy atom. The van der Waals surface area contributed by atoms with Gasteiger partial charge in [-0.05, 0) is 17.7 Å². The molecule has 0 saturated heterocycles. The van der Waals surface area contributed by atoms with E-state index < -0.39 is 0 Å². The molecule has 1 aromatic heterocycles. The molecule has 0 aliphatic rings. The van der Waals surface area contributed by atoms with E-state index in [0.717, 1.165) is 5.56 Å². The van der Waals surface area contributed by atoms with Gasteiger partial charge in [0.2, 0.25) is 0 Å². The fourth-order valence-corrected chi connectivity index (χ4v) is 1.31. The van der Waals surface area contributed by atoms with Crippen LogP contribution in [-0.2, 0) is 6.54 Å². The lowest BCUT2D eigenvalue weighted by Gasteiger charge is -2.04. The number of methoxy groups -OCH3 is 1. The summed E-state index contributed by atoms with van der Waals surface area (Å²) in [6, 6.07) is 4.83. The largest absolute Gasteiger partial charge is 0.494 e. The summed E-state index contributed by atoms with van der Waals surface area (Å²) < 4.78 is 19.8.